The number of benzene rings is 2. The van der Waals surface area contributed by atoms with E-state index < -0.39 is 29.3 Å². The summed E-state index contributed by atoms with van der Waals surface area (Å²) in [7, 11) is 0. The van der Waals surface area contributed by atoms with Gasteiger partial charge in [0.2, 0.25) is 0 Å². The van der Waals surface area contributed by atoms with Crippen LogP contribution in [0.2, 0.25) is 0 Å². The number of carbonyl (C=O) groups is 1. The number of carbonyl (C=O) groups excluding carboxylic acids is 1. The van der Waals surface area contributed by atoms with Crippen LogP contribution in [0, 0.1) is 10.1 Å². The van der Waals surface area contributed by atoms with Gasteiger partial charge in [0.05, 0.1) is 16.0 Å². The summed E-state index contributed by atoms with van der Waals surface area (Å²) >= 11 is 0. The number of halogens is 3. The van der Waals surface area contributed by atoms with Crippen molar-refractivity contribution >= 4 is 22.6 Å². The van der Waals surface area contributed by atoms with Crippen molar-refractivity contribution in [3.05, 3.63) is 64.0 Å². The lowest BCUT2D eigenvalue weighted by Gasteiger charge is -2.31. The van der Waals surface area contributed by atoms with Crippen LogP contribution in [0.3, 0.4) is 0 Å². The van der Waals surface area contributed by atoms with Crippen LogP contribution in [0.5, 0.6) is 5.75 Å². The average Bonchev–Trinajstić information content (AvgIpc) is 3.21. The predicted molar refractivity (Wildman–Crippen MR) is 109 cm³/mol. The Morgan fingerprint density at radius 1 is 1.28 bits per heavy atom. The van der Waals surface area contributed by atoms with Gasteiger partial charge < -0.3 is 14.6 Å². The molecule has 0 saturated carbocycles. The predicted octanol–water partition coefficient (Wildman–Crippen LogP) is 4.43. The summed E-state index contributed by atoms with van der Waals surface area (Å²) in [6.45, 7) is -0.903. The van der Waals surface area contributed by atoms with Crippen LogP contribution in [0.4, 0.5) is 18.9 Å². The molecular weight excluding hydrogens is 429 g/mol. The quantitative estimate of drug-likeness (QED) is 0.460. The number of nitrogens with one attached hydrogen (secondary N) is 1. The zero-order valence-corrected chi connectivity index (χ0v) is 16.8. The number of imidazole rings is 1. The van der Waals surface area contributed by atoms with Crippen molar-refractivity contribution in [2.75, 3.05) is 19.7 Å². The fourth-order valence-corrected chi connectivity index (χ4v) is 3.82. The summed E-state index contributed by atoms with van der Waals surface area (Å²) < 4.78 is 42.1. The van der Waals surface area contributed by atoms with Gasteiger partial charge in [-0.3, -0.25) is 14.9 Å². The lowest BCUT2D eigenvalue weighted by molar-refractivity contribution is -0.385. The number of nitrogens with zero attached hydrogens (tertiary/aromatic N) is 3. The molecule has 2 aromatic carbocycles. The summed E-state index contributed by atoms with van der Waals surface area (Å²) in [5, 5.41) is 11.4. The second kappa shape index (κ2) is 8.48. The molecular formula is C21H19F3N4O4. The summed E-state index contributed by atoms with van der Waals surface area (Å²) in [6, 6.07) is 10.6. The number of hydrogen-bond donors (Lipinski definition) is 1. The fraction of sp³-hybridized carbons (Fsp3) is 0.333. The molecule has 1 aromatic heterocycles. The smallest absolute Gasteiger partial charge is 0.422 e. The van der Waals surface area contributed by atoms with E-state index in [0.29, 0.717) is 13.0 Å². The molecule has 1 saturated heterocycles. The number of rotatable bonds is 5. The van der Waals surface area contributed by atoms with E-state index in [0.717, 1.165) is 41.5 Å². The highest BCUT2D eigenvalue weighted by molar-refractivity contribution is 5.98. The largest absolute Gasteiger partial charge is 0.484 e. The number of amides is 1. The van der Waals surface area contributed by atoms with E-state index >= 15 is 0 Å². The monoisotopic (exact) mass is 448 g/mol. The van der Waals surface area contributed by atoms with E-state index in [1.54, 1.807) is 0 Å². The molecule has 2 heterocycles. The molecule has 1 atom stereocenters. The lowest BCUT2D eigenvalue weighted by Crippen LogP contribution is -2.39. The molecule has 1 fully saturated rings. The number of para-hydroxylation sites is 2. The maximum absolute atomic E-state index is 13.1. The van der Waals surface area contributed by atoms with Gasteiger partial charge in [0, 0.05) is 25.1 Å². The van der Waals surface area contributed by atoms with Crippen molar-refractivity contribution in [2.45, 2.75) is 24.9 Å². The third kappa shape index (κ3) is 4.66. The van der Waals surface area contributed by atoms with Crippen molar-refractivity contribution in [1.82, 2.24) is 14.9 Å². The number of aromatic amines is 1. The van der Waals surface area contributed by atoms with Crippen molar-refractivity contribution in [2.24, 2.45) is 0 Å². The van der Waals surface area contributed by atoms with E-state index in [2.05, 4.69) is 14.7 Å². The van der Waals surface area contributed by atoms with E-state index in [-0.39, 0.29) is 23.8 Å². The van der Waals surface area contributed by atoms with E-state index in [1.165, 1.54) is 4.90 Å². The Hall–Kier alpha value is -3.63. The van der Waals surface area contributed by atoms with Crippen LogP contribution in [-0.4, -0.2) is 51.6 Å². The number of hydrogen-bond acceptors (Lipinski definition) is 5. The number of alkyl halides is 3. The highest BCUT2D eigenvalue weighted by atomic mass is 19.4. The Kier molecular flexibility index (Phi) is 5.72. The van der Waals surface area contributed by atoms with Crippen molar-refractivity contribution < 1.29 is 27.6 Å². The van der Waals surface area contributed by atoms with Gasteiger partial charge in [-0.1, -0.05) is 12.1 Å². The maximum Gasteiger partial charge on any atom is 0.422 e. The number of H-pyrrole nitrogens is 1. The number of fused-ring (bicyclic) bond motifs is 1. The van der Waals surface area contributed by atoms with Crippen molar-refractivity contribution in [3.8, 4) is 5.75 Å². The Morgan fingerprint density at radius 2 is 2.06 bits per heavy atom. The summed E-state index contributed by atoms with van der Waals surface area (Å²) in [5.74, 6) is -0.263. The van der Waals surface area contributed by atoms with Gasteiger partial charge in [0.1, 0.15) is 17.1 Å². The topological polar surface area (TPSA) is 101 Å². The van der Waals surface area contributed by atoms with Gasteiger partial charge in [0.25, 0.3) is 11.6 Å². The molecule has 0 aliphatic carbocycles. The Labute approximate surface area is 180 Å². The van der Waals surface area contributed by atoms with E-state index in [9.17, 15) is 28.1 Å². The van der Waals surface area contributed by atoms with Crippen LogP contribution in [0.25, 0.3) is 11.0 Å². The summed E-state index contributed by atoms with van der Waals surface area (Å²) in [6.07, 6.45) is -3.13. The first-order valence-electron chi connectivity index (χ1n) is 9.93. The minimum atomic E-state index is -4.57. The molecule has 1 aliphatic rings. The molecule has 32 heavy (non-hydrogen) atoms. The van der Waals surface area contributed by atoms with Gasteiger partial charge >= 0.3 is 6.18 Å². The third-order valence-electron chi connectivity index (χ3n) is 5.30. The number of piperidine rings is 1. The molecule has 0 radical (unpaired) electrons. The molecule has 8 nitrogen and oxygen atoms in total. The van der Waals surface area contributed by atoms with Crippen molar-refractivity contribution in [3.63, 3.8) is 0 Å². The summed E-state index contributed by atoms with van der Waals surface area (Å²) in [4.78, 5) is 33.1. The first-order valence-corrected chi connectivity index (χ1v) is 9.93. The first-order chi connectivity index (χ1) is 15.2. The minimum Gasteiger partial charge on any atom is -0.484 e. The third-order valence-corrected chi connectivity index (χ3v) is 5.30. The normalized spacial score (nSPS) is 16.8. The molecule has 0 bridgehead atoms. The first kappa shape index (κ1) is 21.6. The van der Waals surface area contributed by atoms with Gasteiger partial charge in [-0.25, -0.2) is 4.98 Å². The molecule has 11 heteroatoms. The SMILES string of the molecule is O=C(c1cc(OCC(F)(F)F)ccc1[N+](=O)[O-])N1CCCC(c2nc3ccccc3[nH]2)C1. The van der Waals surface area contributed by atoms with E-state index in [1.807, 2.05) is 24.3 Å². The summed E-state index contributed by atoms with van der Waals surface area (Å²) in [5.41, 5.74) is 0.882. The maximum atomic E-state index is 13.1. The molecule has 3 aromatic rings. The molecule has 1 aliphatic heterocycles. The highest BCUT2D eigenvalue weighted by Gasteiger charge is 2.32. The lowest BCUT2D eigenvalue weighted by atomic mass is 9.96. The van der Waals surface area contributed by atoms with Gasteiger partial charge in [-0.05, 0) is 37.1 Å². The van der Waals surface area contributed by atoms with Crippen LogP contribution < -0.4 is 4.74 Å². The average molecular weight is 448 g/mol. The molecule has 4 rings (SSSR count). The minimum absolute atomic E-state index is 0.0937. The Morgan fingerprint density at radius 3 is 2.78 bits per heavy atom. The standard InChI is InChI=1S/C21H19F3N4O4/c22-21(23,24)12-32-14-7-8-18(28(30)31)15(10-14)20(29)27-9-3-4-13(11-27)19-25-16-5-1-2-6-17(16)26-19/h1-2,5-8,10,13H,3-4,9,11-12H2,(H,25,26). The molecule has 1 unspecified atom stereocenters. The second-order valence-electron chi connectivity index (χ2n) is 7.57. The van der Waals surface area contributed by atoms with Crippen molar-refractivity contribution in [1.29, 1.82) is 0 Å². The zero-order valence-electron chi connectivity index (χ0n) is 16.8. The number of aromatic nitrogens is 2. The molecule has 1 N–H and O–H groups in total. The van der Waals surface area contributed by atoms with Crippen LogP contribution in [0.15, 0.2) is 42.5 Å². The van der Waals surface area contributed by atoms with Crippen LogP contribution >= 0.6 is 0 Å². The van der Waals surface area contributed by atoms with Gasteiger partial charge in [-0.2, -0.15) is 13.2 Å². The van der Waals surface area contributed by atoms with Gasteiger partial charge in [0.15, 0.2) is 6.61 Å². The number of likely N-dealkylation sites (tertiary alicyclic amines) is 1. The van der Waals surface area contributed by atoms with Gasteiger partial charge in [-0.15, -0.1) is 0 Å². The Bertz CT molecular complexity index is 1130. The molecule has 0 spiro atoms. The number of nitro groups is 1. The van der Waals surface area contributed by atoms with Crippen LogP contribution in [0.1, 0.15) is 34.9 Å². The number of nitro benzene ring substituents is 1. The van der Waals surface area contributed by atoms with Crippen LogP contribution in [-0.2, 0) is 0 Å². The molecule has 168 valence electrons. The highest BCUT2D eigenvalue weighted by Crippen LogP contribution is 2.31. The second-order valence-corrected chi connectivity index (χ2v) is 7.57. The number of ether oxygens (including phenoxy) is 1. The zero-order chi connectivity index (χ0) is 22.9. The van der Waals surface area contributed by atoms with E-state index in [4.69, 9.17) is 0 Å². The Balaban J connectivity index is 1.57. The fourth-order valence-electron chi connectivity index (χ4n) is 3.82. The molecule has 1 amide bonds.